The van der Waals surface area contributed by atoms with E-state index in [2.05, 4.69) is 19.2 Å². The average Bonchev–Trinajstić information content (AvgIpc) is 2.77. The summed E-state index contributed by atoms with van der Waals surface area (Å²) >= 11 is 5.74. The Morgan fingerprint density at radius 1 is 1.16 bits per heavy atom. The van der Waals surface area contributed by atoms with E-state index in [0.717, 1.165) is 11.3 Å². The summed E-state index contributed by atoms with van der Waals surface area (Å²) in [5.74, 6) is 0.956. The molecule has 19 heavy (non-hydrogen) atoms. The number of benzene rings is 1. The predicted octanol–water partition coefficient (Wildman–Crippen LogP) is 4.56. The van der Waals surface area contributed by atoms with Gasteiger partial charge in [0.25, 0.3) is 0 Å². The summed E-state index contributed by atoms with van der Waals surface area (Å²) in [5, 5.41) is 3.80. The fourth-order valence-electron chi connectivity index (χ4n) is 2.07. The molecule has 2 nitrogen and oxygen atoms in total. The van der Waals surface area contributed by atoms with Crippen molar-refractivity contribution in [3.63, 3.8) is 0 Å². The van der Waals surface area contributed by atoms with Gasteiger partial charge in [0.1, 0.15) is 11.6 Å². The van der Waals surface area contributed by atoms with Crippen molar-refractivity contribution in [3.8, 4) is 0 Å². The van der Waals surface area contributed by atoms with Gasteiger partial charge in [-0.2, -0.15) is 0 Å². The number of rotatable bonds is 5. The summed E-state index contributed by atoms with van der Waals surface area (Å²) in [6.07, 6.45) is 0. The van der Waals surface area contributed by atoms with Crippen LogP contribution >= 0.6 is 11.6 Å². The van der Waals surface area contributed by atoms with Gasteiger partial charge in [-0.1, -0.05) is 26.0 Å². The molecule has 2 rings (SSSR count). The van der Waals surface area contributed by atoms with Gasteiger partial charge < -0.3 is 9.73 Å². The maximum absolute atomic E-state index is 13.0. The van der Waals surface area contributed by atoms with Crippen molar-refractivity contribution in [2.45, 2.75) is 26.4 Å². The minimum Gasteiger partial charge on any atom is -0.448 e. The van der Waals surface area contributed by atoms with Crippen LogP contribution in [0.2, 0.25) is 5.22 Å². The van der Waals surface area contributed by atoms with Crippen LogP contribution < -0.4 is 5.32 Å². The molecule has 1 aromatic carbocycles. The second-order valence-corrected chi connectivity index (χ2v) is 5.23. The Balaban J connectivity index is 2.06. The van der Waals surface area contributed by atoms with Crippen LogP contribution in [0.4, 0.5) is 4.39 Å². The van der Waals surface area contributed by atoms with Crippen LogP contribution in [-0.2, 0) is 6.54 Å². The van der Waals surface area contributed by atoms with Crippen LogP contribution in [0.3, 0.4) is 0 Å². The third-order valence-corrected chi connectivity index (χ3v) is 3.22. The largest absolute Gasteiger partial charge is 0.448 e. The number of nitrogens with one attached hydrogen (secondary N) is 1. The normalized spacial score (nSPS) is 12.9. The second-order valence-electron chi connectivity index (χ2n) is 4.86. The molecule has 4 heteroatoms. The van der Waals surface area contributed by atoms with Gasteiger partial charge in [-0.05, 0) is 47.3 Å². The fraction of sp³-hybridized carbons (Fsp3) is 0.333. The van der Waals surface area contributed by atoms with Crippen molar-refractivity contribution in [2.24, 2.45) is 5.92 Å². The molecular weight excluding hydrogens is 265 g/mol. The first kappa shape index (κ1) is 14.1. The van der Waals surface area contributed by atoms with Gasteiger partial charge in [0.05, 0.1) is 6.54 Å². The molecule has 0 aliphatic heterocycles. The van der Waals surface area contributed by atoms with E-state index >= 15 is 0 Å². The smallest absolute Gasteiger partial charge is 0.193 e. The van der Waals surface area contributed by atoms with Gasteiger partial charge in [0, 0.05) is 6.04 Å². The van der Waals surface area contributed by atoms with Crippen molar-refractivity contribution >= 4 is 11.6 Å². The molecule has 0 radical (unpaired) electrons. The average molecular weight is 282 g/mol. The molecule has 2 aromatic rings. The molecule has 0 aliphatic rings. The molecule has 0 saturated carbocycles. The van der Waals surface area contributed by atoms with Crippen molar-refractivity contribution in [2.75, 3.05) is 0 Å². The van der Waals surface area contributed by atoms with E-state index in [9.17, 15) is 4.39 Å². The minimum atomic E-state index is -0.218. The summed E-state index contributed by atoms with van der Waals surface area (Å²) in [7, 11) is 0. The zero-order valence-corrected chi connectivity index (χ0v) is 11.7. The van der Waals surface area contributed by atoms with E-state index in [-0.39, 0.29) is 11.9 Å². The van der Waals surface area contributed by atoms with Crippen LogP contribution in [0.1, 0.15) is 31.2 Å². The van der Waals surface area contributed by atoms with Crippen LogP contribution in [0.5, 0.6) is 0 Å². The molecule has 0 saturated heterocycles. The highest BCUT2D eigenvalue weighted by Gasteiger charge is 2.15. The Bertz CT molecular complexity index is 521. The standard InChI is InChI=1S/C15H17ClFNO/c1-10(2)15(11-3-5-12(17)6-4-11)18-9-13-7-8-14(16)19-13/h3-8,10,15,18H,9H2,1-2H3. The maximum atomic E-state index is 13.0. The van der Waals surface area contributed by atoms with Crippen LogP contribution in [0.25, 0.3) is 0 Å². The van der Waals surface area contributed by atoms with Gasteiger partial charge in [-0.3, -0.25) is 0 Å². The lowest BCUT2D eigenvalue weighted by molar-refractivity contribution is 0.384. The lowest BCUT2D eigenvalue weighted by Gasteiger charge is -2.22. The summed E-state index contributed by atoms with van der Waals surface area (Å²) in [6, 6.07) is 10.3. The SMILES string of the molecule is CC(C)C(NCc1ccc(Cl)o1)c1ccc(F)cc1. The van der Waals surface area contributed by atoms with Gasteiger partial charge >= 0.3 is 0 Å². The first-order valence-electron chi connectivity index (χ1n) is 6.29. The first-order chi connectivity index (χ1) is 9.06. The third kappa shape index (κ3) is 3.82. The molecule has 0 amide bonds. The van der Waals surface area contributed by atoms with Crippen molar-refractivity contribution in [1.29, 1.82) is 0 Å². The van der Waals surface area contributed by atoms with E-state index in [4.69, 9.17) is 16.0 Å². The maximum Gasteiger partial charge on any atom is 0.193 e. The molecule has 1 atom stereocenters. The highest BCUT2D eigenvalue weighted by atomic mass is 35.5. The molecule has 0 aliphatic carbocycles. The van der Waals surface area contributed by atoms with Crippen LogP contribution in [0, 0.1) is 11.7 Å². The van der Waals surface area contributed by atoms with E-state index in [1.807, 2.05) is 18.2 Å². The first-order valence-corrected chi connectivity index (χ1v) is 6.67. The van der Waals surface area contributed by atoms with E-state index < -0.39 is 0 Å². The molecule has 0 bridgehead atoms. The predicted molar refractivity (Wildman–Crippen MR) is 74.5 cm³/mol. The monoisotopic (exact) mass is 281 g/mol. The molecular formula is C15H17ClFNO. The highest BCUT2D eigenvalue weighted by Crippen LogP contribution is 2.23. The fourth-order valence-corrected chi connectivity index (χ4v) is 2.23. The summed E-state index contributed by atoms with van der Waals surface area (Å²) in [6.45, 7) is 4.83. The van der Waals surface area contributed by atoms with Gasteiger partial charge in [0.15, 0.2) is 5.22 Å². The number of hydrogen-bond acceptors (Lipinski definition) is 2. The highest BCUT2D eigenvalue weighted by molar-refractivity contribution is 6.28. The zero-order chi connectivity index (χ0) is 13.8. The Kier molecular flexibility index (Phi) is 4.61. The minimum absolute atomic E-state index is 0.143. The third-order valence-electron chi connectivity index (χ3n) is 3.02. The molecule has 102 valence electrons. The zero-order valence-electron chi connectivity index (χ0n) is 11.0. The van der Waals surface area contributed by atoms with Crippen molar-refractivity contribution < 1.29 is 8.81 Å². The van der Waals surface area contributed by atoms with Crippen molar-refractivity contribution in [1.82, 2.24) is 5.32 Å². The number of hydrogen-bond donors (Lipinski definition) is 1. The molecule has 0 fully saturated rings. The lowest BCUT2D eigenvalue weighted by atomic mass is 9.96. The molecule has 1 unspecified atom stereocenters. The molecule has 1 aromatic heterocycles. The summed E-state index contributed by atoms with van der Waals surface area (Å²) in [4.78, 5) is 0. The van der Waals surface area contributed by atoms with E-state index in [0.29, 0.717) is 17.7 Å². The Morgan fingerprint density at radius 2 is 1.84 bits per heavy atom. The summed E-state index contributed by atoms with van der Waals surface area (Å²) in [5.41, 5.74) is 1.06. The Morgan fingerprint density at radius 3 is 2.37 bits per heavy atom. The Labute approximate surface area is 117 Å². The van der Waals surface area contributed by atoms with E-state index in [1.165, 1.54) is 12.1 Å². The van der Waals surface area contributed by atoms with Crippen molar-refractivity contribution in [3.05, 3.63) is 58.8 Å². The molecule has 1 N–H and O–H groups in total. The summed E-state index contributed by atoms with van der Waals surface area (Å²) < 4.78 is 18.3. The topological polar surface area (TPSA) is 25.2 Å². The quantitative estimate of drug-likeness (QED) is 0.869. The van der Waals surface area contributed by atoms with E-state index in [1.54, 1.807) is 6.07 Å². The van der Waals surface area contributed by atoms with Gasteiger partial charge in [0.2, 0.25) is 0 Å². The van der Waals surface area contributed by atoms with Crippen LogP contribution in [-0.4, -0.2) is 0 Å². The number of furan rings is 1. The molecule has 0 spiro atoms. The van der Waals surface area contributed by atoms with Crippen LogP contribution in [0.15, 0.2) is 40.8 Å². The lowest BCUT2D eigenvalue weighted by Crippen LogP contribution is -2.25. The Hall–Kier alpha value is -1.32. The second kappa shape index (κ2) is 6.22. The molecule has 1 heterocycles. The van der Waals surface area contributed by atoms with Gasteiger partial charge in [-0.15, -0.1) is 0 Å². The number of halogens is 2. The van der Waals surface area contributed by atoms with Gasteiger partial charge in [-0.25, -0.2) is 4.39 Å².